The van der Waals surface area contributed by atoms with E-state index >= 15 is 0 Å². The molecule has 34 heavy (non-hydrogen) atoms. The second-order valence-electron chi connectivity index (χ2n) is 9.29. The van der Waals surface area contributed by atoms with Crippen LogP contribution in [0, 0.1) is 0 Å². The molecule has 0 bridgehead atoms. The number of fused-ring (bicyclic) bond motifs is 1. The molecule has 4 rings (SSSR count). The fourth-order valence-electron chi connectivity index (χ4n) is 4.33. The van der Waals surface area contributed by atoms with Crippen molar-refractivity contribution in [2.75, 3.05) is 39.8 Å². The lowest BCUT2D eigenvalue weighted by molar-refractivity contribution is 0.00214. The molecule has 1 saturated heterocycles. The molecule has 184 valence electrons. The maximum absolute atomic E-state index is 14.0. The molecule has 0 aliphatic carbocycles. The lowest BCUT2D eigenvalue weighted by Crippen LogP contribution is -2.47. The molecule has 3 aromatic rings. The highest BCUT2D eigenvalue weighted by Gasteiger charge is 2.29. The van der Waals surface area contributed by atoms with E-state index in [-0.39, 0.29) is 21.4 Å². The monoisotopic (exact) mass is 488 g/mol. The number of aromatic nitrogens is 5. The van der Waals surface area contributed by atoms with E-state index in [4.69, 9.17) is 4.74 Å². The predicted octanol–water partition coefficient (Wildman–Crippen LogP) is 2.19. The Morgan fingerprint density at radius 1 is 1.35 bits per heavy atom. The first kappa shape index (κ1) is 24.9. The van der Waals surface area contributed by atoms with Gasteiger partial charge >= 0.3 is 8.80 Å². The normalized spacial score (nSPS) is 20.1. The summed E-state index contributed by atoms with van der Waals surface area (Å²) in [7, 11) is 1.61. The molecule has 3 aromatic heterocycles. The van der Waals surface area contributed by atoms with Gasteiger partial charge in [-0.2, -0.15) is 5.10 Å². The van der Waals surface area contributed by atoms with Gasteiger partial charge in [0.05, 0.1) is 49.8 Å². The highest BCUT2D eigenvalue weighted by Crippen LogP contribution is 2.27. The van der Waals surface area contributed by atoms with E-state index in [9.17, 15) is 9.50 Å². The SMILES string of the molecule is CNCC(CN1CCC(O)C(F)C1)n1cc(-c2ncnc3c2ccn3COCC[Si+](C)C)cn1. The van der Waals surface area contributed by atoms with Crippen molar-refractivity contribution in [3.63, 3.8) is 0 Å². The number of aliphatic hydroxyl groups excluding tert-OH is 1. The fraction of sp³-hybridized carbons (Fsp3) is 0.609. The minimum Gasteiger partial charge on any atom is -0.390 e. The molecule has 4 heterocycles. The largest absolute Gasteiger partial charge is 0.390 e. The van der Waals surface area contributed by atoms with Crippen molar-refractivity contribution < 1.29 is 14.2 Å². The maximum atomic E-state index is 14.0. The van der Waals surface area contributed by atoms with Gasteiger partial charge in [0.15, 0.2) is 0 Å². The second-order valence-corrected chi connectivity index (χ2v) is 12.2. The van der Waals surface area contributed by atoms with Crippen molar-refractivity contribution in [2.24, 2.45) is 0 Å². The van der Waals surface area contributed by atoms with Gasteiger partial charge in [-0.3, -0.25) is 9.58 Å². The zero-order valence-electron chi connectivity index (χ0n) is 20.2. The van der Waals surface area contributed by atoms with Gasteiger partial charge in [-0.15, -0.1) is 0 Å². The summed E-state index contributed by atoms with van der Waals surface area (Å²) >= 11 is 0. The van der Waals surface area contributed by atoms with Gasteiger partial charge in [0, 0.05) is 49.5 Å². The Kier molecular flexibility index (Phi) is 8.43. The van der Waals surface area contributed by atoms with Crippen molar-refractivity contribution in [3.8, 4) is 11.3 Å². The summed E-state index contributed by atoms with van der Waals surface area (Å²) in [5, 5.41) is 18.5. The summed E-state index contributed by atoms with van der Waals surface area (Å²) in [5.41, 5.74) is 2.58. The standard InChI is InChI=1S/C23H35FN7O2Si/c1-25-11-18(13-29-6-5-21(32)20(24)14-29)31-12-17(10-28-31)22-19-4-7-30(23(19)27-15-26-22)16-33-8-9-34(2)3/h4,7,10,12,15,18,20-21,25,32H,5-6,8-9,11,13-14,16H2,1-3H3/q+1. The van der Waals surface area contributed by atoms with E-state index in [0.717, 1.165) is 34.9 Å². The molecular formula is C23H35FN7O2Si+. The van der Waals surface area contributed by atoms with Gasteiger partial charge in [0.2, 0.25) is 0 Å². The Balaban J connectivity index is 1.49. The number of piperidine rings is 1. The average molecular weight is 489 g/mol. The molecule has 2 N–H and O–H groups in total. The van der Waals surface area contributed by atoms with Gasteiger partial charge in [0.1, 0.15) is 24.9 Å². The Morgan fingerprint density at radius 2 is 2.21 bits per heavy atom. The Labute approximate surface area is 201 Å². The number of hydrogen-bond acceptors (Lipinski definition) is 7. The molecule has 3 atom stereocenters. The van der Waals surface area contributed by atoms with Crippen molar-refractivity contribution in [3.05, 3.63) is 31.0 Å². The van der Waals surface area contributed by atoms with Crippen LogP contribution < -0.4 is 5.32 Å². The van der Waals surface area contributed by atoms with Crippen molar-refractivity contribution in [2.45, 2.75) is 50.6 Å². The van der Waals surface area contributed by atoms with Crippen LogP contribution in [-0.2, 0) is 11.5 Å². The number of ether oxygens (including phenoxy) is 1. The summed E-state index contributed by atoms with van der Waals surface area (Å²) in [6.07, 6.45) is 5.78. The summed E-state index contributed by atoms with van der Waals surface area (Å²) in [5.74, 6) is 0. The quantitative estimate of drug-likeness (QED) is 0.316. The number of nitrogens with one attached hydrogen (secondary N) is 1. The number of likely N-dealkylation sites (tertiary alicyclic amines) is 1. The average Bonchev–Trinajstić information content (AvgIpc) is 3.46. The molecule has 0 spiro atoms. The Hall–Kier alpha value is -2.18. The molecule has 3 unspecified atom stereocenters. The lowest BCUT2D eigenvalue weighted by atomic mass is 10.1. The summed E-state index contributed by atoms with van der Waals surface area (Å²) in [4.78, 5) is 11.1. The van der Waals surface area contributed by atoms with Crippen LogP contribution in [0.1, 0.15) is 12.5 Å². The van der Waals surface area contributed by atoms with E-state index in [2.05, 4.69) is 38.4 Å². The smallest absolute Gasteiger partial charge is 0.310 e. The minimum absolute atomic E-state index is 0.0279. The molecule has 1 fully saturated rings. The second kappa shape index (κ2) is 11.5. The first-order valence-corrected chi connectivity index (χ1v) is 14.6. The van der Waals surface area contributed by atoms with Gasteiger partial charge in [0.25, 0.3) is 0 Å². The number of halogens is 1. The first-order valence-electron chi connectivity index (χ1n) is 11.9. The first-order chi connectivity index (χ1) is 16.5. The lowest BCUT2D eigenvalue weighted by Gasteiger charge is -2.34. The number of nitrogens with zero attached hydrogens (tertiary/aromatic N) is 6. The van der Waals surface area contributed by atoms with Crippen molar-refractivity contribution in [1.82, 2.24) is 34.5 Å². The van der Waals surface area contributed by atoms with Crippen LogP contribution >= 0.6 is 0 Å². The molecular weight excluding hydrogens is 453 g/mol. The van der Waals surface area contributed by atoms with Crippen LogP contribution in [0.4, 0.5) is 4.39 Å². The van der Waals surface area contributed by atoms with Crippen LogP contribution in [0.25, 0.3) is 22.3 Å². The van der Waals surface area contributed by atoms with Crippen molar-refractivity contribution in [1.29, 1.82) is 0 Å². The zero-order chi connectivity index (χ0) is 24.1. The summed E-state index contributed by atoms with van der Waals surface area (Å²) < 4.78 is 23.8. The summed E-state index contributed by atoms with van der Waals surface area (Å²) in [6.45, 7) is 8.08. The van der Waals surface area contributed by atoms with Crippen LogP contribution in [0.2, 0.25) is 19.1 Å². The molecule has 9 nitrogen and oxygen atoms in total. The minimum atomic E-state index is -1.20. The number of likely N-dealkylation sites (N-methyl/N-ethyl adjacent to an activating group) is 1. The van der Waals surface area contributed by atoms with E-state index < -0.39 is 12.3 Å². The number of hydrogen-bond donors (Lipinski definition) is 2. The van der Waals surface area contributed by atoms with E-state index in [0.29, 0.717) is 32.8 Å². The predicted molar refractivity (Wildman–Crippen MR) is 132 cm³/mol. The molecule has 0 saturated carbocycles. The molecule has 1 aliphatic rings. The summed E-state index contributed by atoms with van der Waals surface area (Å²) in [6, 6.07) is 3.17. The fourth-order valence-corrected chi connectivity index (χ4v) is 4.89. The van der Waals surface area contributed by atoms with Gasteiger partial charge in [-0.05, 0) is 19.5 Å². The van der Waals surface area contributed by atoms with Crippen LogP contribution in [0.3, 0.4) is 0 Å². The van der Waals surface area contributed by atoms with Gasteiger partial charge < -0.3 is 19.7 Å². The third-order valence-corrected chi connectivity index (χ3v) is 7.49. The number of rotatable bonds is 11. The van der Waals surface area contributed by atoms with E-state index in [1.54, 1.807) is 6.33 Å². The molecule has 11 heteroatoms. The van der Waals surface area contributed by atoms with Gasteiger partial charge in [-0.1, -0.05) is 0 Å². The molecule has 1 aliphatic heterocycles. The van der Waals surface area contributed by atoms with Gasteiger partial charge in [-0.25, -0.2) is 14.4 Å². The maximum Gasteiger partial charge on any atom is 0.310 e. The van der Waals surface area contributed by atoms with Crippen LogP contribution in [0.15, 0.2) is 31.0 Å². The molecule has 0 aromatic carbocycles. The number of aliphatic hydroxyl groups is 1. The third-order valence-electron chi connectivity index (χ3n) is 6.28. The van der Waals surface area contributed by atoms with E-state index in [1.807, 2.05) is 41.0 Å². The number of alkyl halides is 1. The highest BCUT2D eigenvalue weighted by molar-refractivity contribution is 6.55. The molecule has 0 amide bonds. The highest BCUT2D eigenvalue weighted by atomic mass is 28.3. The van der Waals surface area contributed by atoms with Crippen LogP contribution in [-0.4, -0.2) is 95.2 Å². The van der Waals surface area contributed by atoms with Crippen molar-refractivity contribution >= 4 is 19.8 Å². The van der Waals surface area contributed by atoms with E-state index in [1.165, 1.54) is 0 Å². The molecule has 0 radical (unpaired) electrons. The van der Waals surface area contributed by atoms with Crippen LogP contribution in [0.5, 0.6) is 0 Å². The Bertz CT molecular complexity index is 1060. The topological polar surface area (TPSA) is 93.3 Å². The Morgan fingerprint density at radius 3 is 2.97 bits per heavy atom. The third kappa shape index (κ3) is 5.89. The zero-order valence-corrected chi connectivity index (χ0v) is 21.2.